The van der Waals surface area contributed by atoms with Crippen molar-refractivity contribution in [3.05, 3.63) is 34.9 Å². The Kier molecular flexibility index (Phi) is 4.96. The van der Waals surface area contributed by atoms with Gasteiger partial charge in [-0.3, -0.25) is 14.5 Å². The number of nitrogens with one attached hydrogen (secondary N) is 2. The monoisotopic (exact) mass is 315 g/mol. The second-order valence-electron chi connectivity index (χ2n) is 6.59. The number of fused-ring (bicyclic) bond motifs is 1. The van der Waals surface area contributed by atoms with Gasteiger partial charge in [0.25, 0.3) is 0 Å². The molecule has 1 atom stereocenters. The first-order chi connectivity index (χ1) is 11.1. The molecule has 1 heterocycles. The van der Waals surface area contributed by atoms with Crippen LogP contribution in [0.4, 0.5) is 0 Å². The van der Waals surface area contributed by atoms with Crippen LogP contribution in [-0.4, -0.2) is 42.9 Å². The number of aryl methyl sites for hydroxylation is 2. The molecule has 1 fully saturated rings. The zero-order valence-corrected chi connectivity index (χ0v) is 13.7. The fraction of sp³-hybridized carbons (Fsp3) is 0.556. The van der Waals surface area contributed by atoms with Gasteiger partial charge in [-0.25, -0.2) is 0 Å². The van der Waals surface area contributed by atoms with Crippen LogP contribution < -0.4 is 10.6 Å². The van der Waals surface area contributed by atoms with E-state index in [1.54, 1.807) is 0 Å². The van der Waals surface area contributed by atoms with Gasteiger partial charge in [-0.15, -0.1) is 0 Å². The predicted octanol–water partition coefficient (Wildman–Crippen LogP) is 1.17. The summed E-state index contributed by atoms with van der Waals surface area (Å²) in [6, 6.07) is 6.58. The molecule has 0 spiro atoms. The molecule has 2 aliphatic rings. The van der Waals surface area contributed by atoms with Crippen LogP contribution in [0.5, 0.6) is 0 Å². The quantitative estimate of drug-likeness (QED) is 0.877. The minimum Gasteiger partial charge on any atom is -0.354 e. The van der Waals surface area contributed by atoms with E-state index in [2.05, 4.69) is 28.8 Å². The van der Waals surface area contributed by atoms with E-state index < -0.39 is 0 Å². The average Bonchev–Trinajstić information content (AvgIpc) is 2.54. The first-order valence-corrected chi connectivity index (χ1v) is 8.52. The summed E-state index contributed by atoms with van der Waals surface area (Å²) in [5.74, 6) is -0.0308. The molecule has 1 aliphatic carbocycles. The van der Waals surface area contributed by atoms with Crippen molar-refractivity contribution < 1.29 is 9.59 Å². The molecule has 1 aromatic rings. The lowest BCUT2D eigenvalue weighted by atomic mass is 9.89. The minimum atomic E-state index is -0.0232. The average molecular weight is 315 g/mol. The van der Waals surface area contributed by atoms with Crippen molar-refractivity contribution in [2.45, 2.75) is 38.6 Å². The lowest BCUT2D eigenvalue weighted by Gasteiger charge is -2.26. The van der Waals surface area contributed by atoms with Gasteiger partial charge in [-0.2, -0.15) is 0 Å². The Morgan fingerprint density at radius 3 is 2.87 bits per heavy atom. The van der Waals surface area contributed by atoms with E-state index in [9.17, 15) is 9.59 Å². The second kappa shape index (κ2) is 7.13. The molecule has 1 saturated heterocycles. The van der Waals surface area contributed by atoms with Gasteiger partial charge in [-0.05, 0) is 49.3 Å². The highest BCUT2D eigenvalue weighted by atomic mass is 16.2. The molecule has 0 aromatic heterocycles. The number of benzene rings is 1. The lowest BCUT2D eigenvalue weighted by molar-refractivity contribution is -0.127. The summed E-state index contributed by atoms with van der Waals surface area (Å²) in [4.78, 5) is 25.4. The van der Waals surface area contributed by atoms with Crippen molar-refractivity contribution in [1.29, 1.82) is 0 Å². The topological polar surface area (TPSA) is 61.4 Å². The molecule has 1 aromatic carbocycles. The Bertz CT molecular complexity index is 600. The van der Waals surface area contributed by atoms with Crippen LogP contribution in [0.1, 0.15) is 42.5 Å². The minimum absolute atomic E-state index is 0.00616. The van der Waals surface area contributed by atoms with Crippen molar-refractivity contribution in [2.24, 2.45) is 0 Å². The molecule has 1 aliphatic heterocycles. The molecular weight excluding hydrogens is 290 g/mol. The highest BCUT2D eigenvalue weighted by Gasteiger charge is 2.20. The summed E-state index contributed by atoms with van der Waals surface area (Å²) in [6.45, 7) is 3.95. The molecule has 0 radical (unpaired) electrons. The lowest BCUT2D eigenvalue weighted by Crippen LogP contribution is -2.50. The van der Waals surface area contributed by atoms with E-state index in [0.29, 0.717) is 13.1 Å². The Balaban J connectivity index is 1.56. The van der Waals surface area contributed by atoms with Crippen LogP contribution in [0.3, 0.4) is 0 Å². The number of hydrogen-bond acceptors (Lipinski definition) is 3. The van der Waals surface area contributed by atoms with Gasteiger partial charge in [0.05, 0.1) is 19.1 Å². The maximum Gasteiger partial charge on any atom is 0.234 e. The zero-order valence-electron chi connectivity index (χ0n) is 13.7. The largest absolute Gasteiger partial charge is 0.354 e. The highest BCUT2D eigenvalue weighted by Crippen LogP contribution is 2.24. The standard InChI is InChI=1S/C18H25N3O2/c1-13(15-7-6-14-4-2-3-5-16(14)10-15)20-18(23)12-21-9-8-19-17(22)11-21/h6-7,10,13H,2-5,8-9,11-12H2,1H3,(H,19,22)(H,20,23)/t13-/m0/s1. The van der Waals surface area contributed by atoms with Crippen LogP contribution in [0.15, 0.2) is 18.2 Å². The maximum atomic E-state index is 12.2. The molecule has 2 N–H and O–H groups in total. The second-order valence-corrected chi connectivity index (χ2v) is 6.59. The molecule has 2 amide bonds. The summed E-state index contributed by atoms with van der Waals surface area (Å²) >= 11 is 0. The summed E-state index contributed by atoms with van der Waals surface area (Å²) in [6.07, 6.45) is 4.86. The fourth-order valence-corrected chi connectivity index (χ4v) is 3.42. The normalized spacial score (nSPS) is 19.6. The zero-order chi connectivity index (χ0) is 16.2. The number of piperazine rings is 1. The van der Waals surface area contributed by atoms with Crippen molar-refractivity contribution in [3.63, 3.8) is 0 Å². The van der Waals surface area contributed by atoms with Crippen molar-refractivity contribution in [2.75, 3.05) is 26.2 Å². The number of hydrogen-bond donors (Lipinski definition) is 2. The van der Waals surface area contributed by atoms with Gasteiger partial charge in [-0.1, -0.05) is 18.2 Å². The van der Waals surface area contributed by atoms with Crippen LogP contribution in [0, 0.1) is 0 Å². The van der Waals surface area contributed by atoms with Crippen molar-refractivity contribution in [1.82, 2.24) is 15.5 Å². The molecule has 0 unspecified atom stereocenters. The Morgan fingerprint density at radius 2 is 2.09 bits per heavy atom. The van der Waals surface area contributed by atoms with E-state index in [1.807, 2.05) is 11.8 Å². The maximum absolute atomic E-state index is 12.2. The summed E-state index contributed by atoms with van der Waals surface area (Å²) in [5.41, 5.74) is 4.05. The van der Waals surface area contributed by atoms with E-state index in [0.717, 1.165) is 18.5 Å². The van der Waals surface area contributed by atoms with Gasteiger partial charge in [0.15, 0.2) is 0 Å². The van der Waals surface area contributed by atoms with Crippen molar-refractivity contribution in [3.8, 4) is 0 Å². The number of amides is 2. The van der Waals surface area contributed by atoms with Gasteiger partial charge < -0.3 is 10.6 Å². The number of carbonyl (C=O) groups excluding carboxylic acids is 2. The van der Waals surface area contributed by atoms with E-state index in [4.69, 9.17) is 0 Å². The summed E-state index contributed by atoms with van der Waals surface area (Å²) in [7, 11) is 0. The molecule has 124 valence electrons. The molecule has 0 bridgehead atoms. The third-order valence-corrected chi connectivity index (χ3v) is 4.73. The molecule has 23 heavy (non-hydrogen) atoms. The van der Waals surface area contributed by atoms with Gasteiger partial charge in [0, 0.05) is 13.1 Å². The van der Waals surface area contributed by atoms with Crippen LogP contribution in [-0.2, 0) is 22.4 Å². The van der Waals surface area contributed by atoms with E-state index in [1.165, 1.54) is 30.4 Å². The molecule has 5 heteroatoms. The van der Waals surface area contributed by atoms with Crippen LogP contribution >= 0.6 is 0 Å². The van der Waals surface area contributed by atoms with Gasteiger partial charge in [0.2, 0.25) is 11.8 Å². The highest BCUT2D eigenvalue weighted by molar-refractivity contribution is 5.82. The predicted molar refractivity (Wildman–Crippen MR) is 89.1 cm³/mol. The SMILES string of the molecule is C[C@H](NC(=O)CN1CCNC(=O)C1)c1ccc2c(c1)CCCC2. The molecular formula is C18H25N3O2. The molecule has 0 saturated carbocycles. The third-order valence-electron chi connectivity index (χ3n) is 4.73. The number of nitrogens with zero attached hydrogens (tertiary/aromatic N) is 1. The Labute approximate surface area is 137 Å². The Morgan fingerprint density at radius 1 is 1.30 bits per heavy atom. The van der Waals surface area contributed by atoms with E-state index >= 15 is 0 Å². The Hall–Kier alpha value is -1.88. The molecule has 5 nitrogen and oxygen atoms in total. The molecule has 3 rings (SSSR count). The first kappa shape index (κ1) is 16.0. The van der Waals surface area contributed by atoms with Crippen LogP contribution in [0.25, 0.3) is 0 Å². The number of carbonyl (C=O) groups is 2. The summed E-state index contributed by atoms with van der Waals surface area (Å²) < 4.78 is 0. The van der Waals surface area contributed by atoms with Gasteiger partial charge in [0.1, 0.15) is 0 Å². The third kappa shape index (κ3) is 4.10. The summed E-state index contributed by atoms with van der Waals surface area (Å²) in [5, 5.41) is 5.82. The number of rotatable bonds is 4. The van der Waals surface area contributed by atoms with E-state index in [-0.39, 0.29) is 24.4 Å². The fourth-order valence-electron chi connectivity index (χ4n) is 3.42. The smallest absolute Gasteiger partial charge is 0.234 e. The van der Waals surface area contributed by atoms with Gasteiger partial charge >= 0.3 is 0 Å². The first-order valence-electron chi connectivity index (χ1n) is 8.52. The van der Waals surface area contributed by atoms with Crippen molar-refractivity contribution >= 4 is 11.8 Å². The van der Waals surface area contributed by atoms with Crippen LogP contribution in [0.2, 0.25) is 0 Å².